The smallest absolute Gasteiger partial charge is 0.343 e. The molecule has 0 unspecified atom stereocenters. The van der Waals surface area contributed by atoms with Gasteiger partial charge in [-0.2, -0.15) is 0 Å². The number of sulfone groups is 1. The lowest BCUT2D eigenvalue weighted by Gasteiger charge is -2.15. The highest BCUT2D eigenvalue weighted by molar-refractivity contribution is 7.91. The highest BCUT2D eigenvalue weighted by Crippen LogP contribution is 2.36. The van der Waals surface area contributed by atoms with E-state index in [-0.39, 0.29) is 22.0 Å². The third-order valence-corrected chi connectivity index (χ3v) is 6.36. The predicted molar refractivity (Wildman–Crippen MR) is 107 cm³/mol. The largest absolute Gasteiger partial charge is 0.507 e. The SMILES string of the molecule is Cc1cc([C@@H](F)C(=O)O)cc(C)c1Oc1ccc(O)c(S(=O)(=O)c2ccc(F)cc2)c1. The number of ether oxygens (including phenoxy) is 1. The highest BCUT2D eigenvalue weighted by Gasteiger charge is 2.24. The molecule has 0 heterocycles. The maximum Gasteiger partial charge on any atom is 0.343 e. The monoisotopic (exact) mass is 448 g/mol. The molecule has 0 spiro atoms. The van der Waals surface area contributed by atoms with Crippen molar-refractivity contribution in [1.29, 1.82) is 0 Å². The molecule has 0 saturated carbocycles. The van der Waals surface area contributed by atoms with Crippen LogP contribution in [0.5, 0.6) is 17.2 Å². The molecule has 0 amide bonds. The number of alkyl halides is 1. The summed E-state index contributed by atoms with van der Waals surface area (Å²) in [6.45, 7) is 3.19. The number of hydrogen-bond acceptors (Lipinski definition) is 5. The van der Waals surface area contributed by atoms with E-state index < -0.39 is 38.4 Å². The molecule has 2 N–H and O–H groups in total. The number of aromatic hydroxyl groups is 1. The Kier molecular flexibility index (Phi) is 5.99. The summed E-state index contributed by atoms with van der Waals surface area (Å²) in [6.07, 6.45) is -2.19. The number of carbonyl (C=O) groups is 1. The zero-order chi connectivity index (χ0) is 22.9. The Morgan fingerprint density at radius 1 is 1.00 bits per heavy atom. The number of carboxylic acids is 1. The van der Waals surface area contributed by atoms with E-state index in [0.29, 0.717) is 11.1 Å². The number of phenols is 1. The topological polar surface area (TPSA) is 101 Å². The van der Waals surface area contributed by atoms with Crippen molar-refractivity contribution >= 4 is 15.8 Å². The number of benzene rings is 3. The minimum absolute atomic E-state index is 0.0415. The fourth-order valence-electron chi connectivity index (χ4n) is 3.07. The van der Waals surface area contributed by atoms with Crippen LogP contribution in [-0.2, 0) is 14.6 Å². The van der Waals surface area contributed by atoms with E-state index in [0.717, 1.165) is 36.4 Å². The lowest BCUT2D eigenvalue weighted by molar-refractivity contribution is -0.143. The second-order valence-electron chi connectivity index (χ2n) is 6.87. The lowest BCUT2D eigenvalue weighted by atomic mass is 10.0. The zero-order valence-corrected chi connectivity index (χ0v) is 17.3. The van der Waals surface area contributed by atoms with Crippen molar-refractivity contribution in [3.8, 4) is 17.2 Å². The summed E-state index contributed by atoms with van der Waals surface area (Å²) < 4.78 is 58.5. The minimum atomic E-state index is -4.16. The van der Waals surface area contributed by atoms with Crippen molar-refractivity contribution < 1.29 is 36.9 Å². The van der Waals surface area contributed by atoms with E-state index in [2.05, 4.69) is 0 Å². The van der Waals surface area contributed by atoms with Crippen molar-refractivity contribution in [1.82, 2.24) is 0 Å². The molecule has 0 aliphatic heterocycles. The van der Waals surface area contributed by atoms with Gasteiger partial charge in [-0.25, -0.2) is 22.0 Å². The van der Waals surface area contributed by atoms with Gasteiger partial charge in [0.2, 0.25) is 16.0 Å². The number of phenolic OH excluding ortho intramolecular Hbond substituents is 1. The highest BCUT2D eigenvalue weighted by atomic mass is 32.2. The van der Waals surface area contributed by atoms with Crippen molar-refractivity contribution in [2.24, 2.45) is 0 Å². The minimum Gasteiger partial charge on any atom is -0.507 e. The summed E-state index contributed by atoms with van der Waals surface area (Å²) in [6, 6.07) is 10.4. The Balaban J connectivity index is 2.00. The van der Waals surface area contributed by atoms with Gasteiger partial charge in [-0.3, -0.25) is 0 Å². The fraction of sp³-hybridized carbons (Fsp3) is 0.136. The summed E-state index contributed by atoms with van der Waals surface area (Å²) in [7, 11) is -4.16. The Labute approximate surface area is 177 Å². The fourth-order valence-corrected chi connectivity index (χ4v) is 4.43. The third-order valence-electron chi connectivity index (χ3n) is 4.56. The van der Waals surface area contributed by atoms with E-state index in [9.17, 15) is 27.1 Å². The van der Waals surface area contributed by atoms with Crippen LogP contribution in [0.3, 0.4) is 0 Å². The van der Waals surface area contributed by atoms with E-state index in [1.165, 1.54) is 18.2 Å². The van der Waals surface area contributed by atoms with Crippen LogP contribution in [0, 0.1) is 19.7 Å². The molecular formula is C22H18F2O6S. The lowest BCUT2D eigenvalue weighted by Crippen LogP contribution is -2.07. The van der Waals surface area contributed by atoms with Crippen LogP contribution in [0.1, 0.15) is 22.9 Å². The normalized spacial score (nSPS) is 12.4. The molecule has 0 bridgehead atoms. The molecule has 0 fully saturated rings. The van der Waals surface area contributed by atoms with Gasteiger partial charge in [-0.05, 0) is 79.1 Å². The van der Waals surface area contributed by atoms with Crippen molar-refractivity contribution in [2.75, 3.05) is 0 Å². The van der Waals surface area contributed by atoms with Crippen molar-refractivity contribution in [2.45, 2.75) is 29.8 Å². The first-order valence-corrected chi connectivity index (χ1v) is 10.5. The first kappa shape index (κ1) is 22.2. The van der Waals surface area contributed by atoms with Crippen LogP contribution in [0.15, 0.2) is 64.4 Å². The Hall–Kier alpha value is -3.46. The van der Waals surface area contributed by atoms with E-state index in [1.54, 1.807) is 13.8 Å². The molecule has 0 aromatic heterocycles. The Morgan fingerprint density at radius 3 is 2.13 bits per heavy atom. The Bertz CT molecular complexity index is 1230. The average molecular weight is 448 g/mol. The zero-order valence-electron chi connectivity index (χ0n) is 16.5. The molecule has 3 aromatic carbocycles. The van der Waals surface area contributed by atoms with Crippen LogP contribution < -0.4 is 4.74 Å². The van der Waals surface area contributed by atoms with E-state index >= 15 is 0 Å². The van der Waals surface area contributed by atoms with Gasteiger partial charge in [-0.15, -0.1) is 0 Å². The molecule has 9 heteroatoms. The van der Waals surface area contributed by atoms with Gasteiger partial charge < -0.3 is 14.9 Å². The molecule has 0 aliphatic carbocycles. The molecule has 31 heavy (non-hydrogen) atoms. The van der Waals surface area contributed by atoms with Gasteiger partial charge in [0, 0.05) is 6.07 Å². The predicted octanol–water partition coefficient (Wildman–Crippen LogP) is 4.87. The standard InChI is InChI=1S/C22H18F2O6S/c1-12-9-14(20(24)22(26)27)10-13(2)21(12)30-16-5-8-18(25)19(11-16)31(28,29)17-6-3-15(23)4-7-17/h3-11,20,25H,1-2H3,(H,26,27)/t20-/m1/s1. The first-order valence-electron chi connectivity index (χ1n) is 9.00. The second-order valence-corrected chi connectivity index (χ2v) is 8.79. The molecule has 1 atom stereocenters. The van der Waals surface area contributed by atoms with Gasteiger partial charge in [0.05, 0.1) is 4.90 Å². The van der Waals surface area contributed by atoms with Gasteiger partial charge in [0.15, 0.2) is 0 Å². The number of carboxylic acid groups (broad SMARTS) is 1. The third kappa shape index (κ3) is 4.51. The van der Waals surface area contributed by atoms with Gasteiger partial charge in [0.25, 0.3) is 0 Å². The van der Waals surface area contributed by atoms with Crippen LogP contribution >= 0.6 is 0 Å². The molecule has 0 saturated heterocycles. The first-order chi connectivity index (χ1) is 14.5. The molecular weight excluding hydrogens is 430 g/mol. The molecule has 6 nitrogen and oxygen atoms in total. The average Bonchev–Trinajstić information content (AvgIpc) is 2.71. The number of aryl methyl sites for hydroxylation is 2. The van der Waals surface area contributed by atoms with Crippen molar-refractivity contribution in [3.05, 3.63) is 77.1 Å². The maximum absolute atomic E-state index is 13.8. The van der Waals surface area contributed by atoms with Crippen LogP contribution in [-0.4, -0.2) is 24.6 Å². The second kappa shape index (κ2) is 8.35. The van der Waals surface area contributed by atoms with Gasteiger partial charge in [-0.1, -0.05) is 0 Å². The number of hydrogen-bond donors (Lipinski definition) is 2. The van der Waals surface area contributed by atoms with E-state index in [1.807, 2.05) is 0 Å². The quantitative estimate of drug-likeness (QED) is 0.522. The van der Waals surface area contributed by atoms with Gasteiger partial charge in [0.1, 0.15) is 28.0 Å². The molecule has 3 aromatic rings. The van der Waals surface area contributed by atoms with Crippen molar-refractivity contribution in [3.63, 3.8) is 0 Å². The van der Waals surface area contributed by atoms with Crippen LogP contribution in [0.4, 0.5) is 8.78 Å². The summed E-state index contributed by atoms with van der Waals surface area (Å²) >= 11 is 0. The molecule has 3 rings (SSSR count). The molecule has 0 radical (unpaired) electrons. The van der Waals surface area contributed by atoms with E-state index in [4.69, 9.17) is 9.84 Å². The maximum atomic E-state index is 13.8. The number of halogens is 2. The summed E-state index contributed by atoms with van der Waals surface area (Å²) in [5.74, 6) is -2.36. The summed E-state index contributed by atoms with van der Waals surface area (Å²) in [5, 5.41) is 19.0. The van der Waals surface area contributed by atoms with Crippen LogP contribution in [0.2, 0.25) is 0 Å². The van der Waals surface area contributed by atoms with Gasteiger partial charge >= 0.3 is 5.97 Å². The Morgan fingerprint density at radius 2 is 1.58 bits per heavy atom. The summed E-state index contributed by atoms with van der Waals surface area (Å²) in [4.78, 5) is 10.2. The van der Waals surface area contributed by atoms with Crippen LogP contribution in [0.25, 0.3) is 0 Å². The summed E-state index contributed by atoms with van der Waals surface area (Å²) in [5.41, 5.74) is 0.838. The number of rotatable bonds is 6. The molecule has 162 valence electrons. The molecule has 0 aliphatic rings. The number of aliphatic carboxylic acids is 1.